The fourth-order valence-electron chi connectivity index (χ4n) is 1.87. The number of aromatic amines is 1. The Morgan fingerprint density at radius 2 is 1.53 bits per heavy atom. The van der Waals surface area contributed by atoms with E-state index in [1.807, 2.05) is 42.5 Å². The van der Waals surface area contributed by atoms with E-state index >= 15 is 0 Å². The minimum absolute atomic E-state index is 0.372. The maximum atomic E-state index is 8.93. The van der Waals surface area contributed by atoms with Gasteiger partial charge in [-0.2, -0.15) is 5.26 Å². The van der Waals surface area contributed by atoms with E-state index in [1.165, 1.54) is 0 Å². The third-order valence-corrected chi connectivity index (χ3v) is 2.83. The molecule has 5 nitrogen and oxygen atoms in total. The Labute approximate surface area is 109 Å². The summed E-state index contributed by atoms with van der Waals surface area (Å²) >= 11 is 0. The van der Waals surface area contributed by atoms with Gasteiger partial charge in [-0.05, 0) is 23.3 Å². The van der Waals surface area contributed by atoms with Gasteiger partial charge in [0.2, 0.25) is 0 Å². The molecule has 0 fully saturated rings. The Balaban J connectivity index is 1.98. The van der Waals surface area contributed by atoms with Crippen LogP contribution in [-0.2, 0) is 0 Å². The topological polar surface area (TPSA) is 78.2 Å². The summed E-state index contributed by atoms with van der Waals surface area (Å²) in [4.78, 5) is 3.99. The molecule has 1 aromatic carbocycles. The van der Waals surface area contributed by atoms with Gasteiger partial charge in [0, 0.05) is 18.0 Å². The average Bonchev–Trinajstić information content (AvgIpc) is 2.97. The molecule has 0 saturated heterocycles. The van der Waals surface area contributed by atoms with E-state index in [0.717, 1.165) is 16.7 Å². The number of rotatable bonds is 2. The molecule has 2 aromatic heterocycles. The van der Waals surface area contributed by atoms with Crippen LogP contribution in [0.25, 0.3) is 22.4 Å². The Bertz CT molecular complexity index is 723. The van der Waals surface area contributed by atoms with E-state index in [2.05, 4.69) is 20.4 Å². The van der Waals surface area contributed by atoms with Crippen molar-refractivity contribution in [3.63, 3.8) is 0 Å². The first-order valence-corrected chi connectivity index (χ1v) is 5.70. The third kappa shape index (κ3) is 2.07. The normalized spacial score (nSPS) is 10.1. The number of nitriles is 1. The van der Waals surface area contributed by atoms with Gasteiger partial charge in [-0.1, -0.05) is 29.5 Å². The van der Waals surface area contributed by atoms with E-state index in [1.54, 1.807) is 12.4 Å². The van der Waals surface area contributed by atoms with E-state index in [4.69, 9.17) is 5.26 Å². The molecule has 0 aliphatic rings. The zero-order valence-corrected chi connectivity index (χ0v) is 9.91. The molecule has 5 heteroatoms. The van der Waals surface area contributed by atoms with E-state index < -0.39 is 0 Å². The molecule has 0 radical (unpaired) electrons. The highest BCUT2D eigenvalue weighted by Gasteiger charge is 2.08. The van der Waals surface area contributed by atoms with E-state index in [9.17, 15) is 0 Å². The molecule has 3 rings (SSSR count). The first-order valence-electron chi connectivity index (χ1n) is 5.70. The van der Waals surface area contributed by atoms with Gasteiger partial charge < -0.3 is 0 Å². The number of nitrogens with zero attached hydrogens (tertiary/aromatic N) is 4. The molecular formula is C14H9N5. The summed E-state index contributed by atoms with van der Waals surface area (Å²) in [6.07, 6.45) is 3.52. The number of pyridine rings is 1. The second kappa shape index (κ2) is 4.70. The van der Waals surface area contributed by atoms with Crippen molar-refractivity contribution < 1.29 is 0 Å². The number of aromatic nitrogens is 4. The molecule has 19 heavy (non-hydrogen) atoms. The summed E-state index contributed by atoms with van der Waals surface area (Å²) < 4.78 is 0. The van der Waals surface area contributed by atoms with Crippen LogP contribution in [0.4, 0.5) is 0 Å². The molecule has 90 valence electrons. The van der Waals surface area contributed by atoms with Gasteiger partial charge >= 0.3 is 0 Å². The average molecular weight is 247 g/mol. The highest BCUT2D eigenvalue weighted by atomic mass is 15.3. The molecule has 0 unspecified atom stereocenters. The second-order valence-electron chi connectivity index (χ2n) is 3.96. The molecule has 0 saturated carbocycles. The quantitative estimate of drug-likeness (QED) is 0.754. The van der Waals surface area contributed by atoms with Gasteiger partial charge in [0.05, 0.1) is 0 Å². The summed E-state index contributed by atoms with van der Waals surface area (Å²) in [5.41, 5.74) is 4.00. The summed E-state index contributed by atoms with van der Waals surface area (Å²) in [7, 11) is 0. The van der Waals surface area contributed by atoms with Gasteiger partial charge in [-0.25, -0.2) is 5.10 Å². The van der Waals surface area contributed by atoms with Crippen molar-refractivity contribution in [2.75, 3.05) is 0 Å². The maximum absolute atomic E-state index is 8.93. The minimum atomic E-state index is 0.372. The number of nitrogens with one attached hydrogen (secondary N) is 1. The largest absolute Gasteiger partial charge is 0.265 e. The fourth-order valence-corrected chi connectivity index (χ4v) is 1.87. The Morgan fingerprint density at radius 3 is 2.21 bits per heavy atom. The molecule has 2 heterocycles. The molecule has 0 amide bonds. The lowest BCUT2D eigenvalue weighted by molar-refractivity contribution is 0.937. The van der Waals surface area contributed by atoms with Crippen LogP contribution in [0.5, 0.6) is 0 Å². The molecule has 0 atom stereocenters. The Hall–Kier alpha value is -3.00. The van der Waals surface area contributed by atoms with E-state index in [0.29, 0.717) is 11.4 Å². The third-order valence-electron chi connectivity index (χ3n) is 2.83. The number of hydrogen-bond donors (Lipinski definition) is 1. The SMILES string of the molecule is N#Cc1[nH]nnc1-c1ccc(-c2ccncc2)cc1. The zero-order valence-electron chi connectivity index (χ0n) is 9.91. The summed E-state index contributed by atoms with van der Waals surface area (Å²) in [6, 6.07) is 13.8. The zero-order chi connectivity index (χ0) is 13.1. The predicted octanol–water partition coefficient (Wildman–Crippen LogP) is 2.41. The van der Waals surface area contributed by atoms with Crippen molar-refractivity contribution in [2.45, 2.75) is 0 Å². The first kappa shape index (κ1) is 11.1. The van der Waals surface area contributed by atoms with Gasteiger partial charge in [0.25, 0.3) is 0 Å². The highest BCUT2D eigenvalue weighted by Crippen LogP contribution is 2.24. The van der Waals surface area contributed by atoms with Crippen LogP contribution < -0.4 is 0 Å². The summed E-state index contributed by atoms with van der Waals surface area (Å²) in [6.45, 7) is 0. The molecule has 0 aliphatic carbocycles. The fraction of sp³-hybridized carbons (Fsp3) is 0. The van der Waals surface area contributed by atoms with Crippen LogP contribution in [0, 0.1) is 11.3 Å². The van der Waals surface area contributed by atoms with Crippen LogP contribution in [0.1, 0.15) is 5.69 Å². The highest BCUT2D eigenvalue weighted by molar-refractivity contribution is 5.70. The van der Waals surface area contributed by atoms with Crippen LogP contribution in [0.15, 0.2) is 48.8 Å². The van der Waals surface area contributed by atoms with Gasteiger partial charge in [0.1, 0.15) is 11.8 Å². The molecule has 0 aliphatic heterocycles. The molecule has 3 aromatic rings. The van der Waals surface area contributed by atoms with Crippen LogP contribution in [0.3, 0.4) is 0 Å². The van der Waals surface area contributed by atoms with Crippen LogP contribution in [-0.4, -0.2) is 20.4 Å². The van der Waals surface area contributed by atoms with Crippen LogP contribution in [0.2, 0.25) is 0 Å². The van der Waals surface area contributed by atoms with Crippen molar-refractivity contribution in [3.8, 4) is 28.5 Å². The van der Waals surface area contributed by atoms with Crippen molar-refractivity contribution in [2.24, 2.45) is 0 Å². The monoisotopic (exact) mass is 247 g/mol. The lowest BCUT2D eigenvalue weighted by Gasteiger charge is -2.02. The lowest BCUT2D eigenvalue weighted by Crippen LogP contribution is -1.84. The standard InChI is InChI=1S/C14H9N5/c15-9-13-14(18-19-17-13)12-3-1-10(2-4-12)11-5-7-16-8-6-11/h1-8H,(H,17,18,19). The molecular weight excluding hydrogens is 238 g/mol. The number of hydrogen-bond acceptors (Lipinski definition) is 4. The predicted molar refractivity (Wildman–Crippen MR) is 69.8 cm³/mol. The van der Waals surface area contributed by atoms with Crippen molar-refractivity contribution in [1.29, 1.82) is 5.26 Å². The van der Waals surface area contributed by atoms with Crippen molar-refractivity contribution in [1.82, 2.24) is 20.4 Å². The first-order chi connectivity index (χ1) is 9.38. The molecule has 0 spiro atoms. The lowest BCUT2D eigenvalue weighted by atomic mass is 10.0. The smallest absolute Gasteiger partial charge is 0.163 e. The Kier molecular flexibility index (Phi) is 2.75. The summed E-state index contributed by atoms with van der Waals surface area (Å²) in [5, 5.41) is 19.1. The van der Waals surface area contributed by atoms with Gasteiger partial charge in [-0.3, -0.25) is 4.98 Å². The van der Waals surface area contributed by atoms with Gasteiger partial charge in [-0.15, -0.1) is 5.10 Å². The minimum Gasteiger partial charge on any atom is -0.265 e. The number of benzene rings is 1. The van der Waals surface area contributed by atoms with Crippen molar-refractivity contribution >= 4 is 0 Å². The molecule has 0 bridgehead atoms. The molecule has 1 N–H and O–H groups in total. The van der Waals surface area contributed by atoms with Crippen molar-refractivity contribution in [3.05, 3.63) is 54.5 Å². The second-order valence-corrected chi connectivity index (χ2v) is 3.96. The number of H-pyrrole nitrogens is 1. The maximum Gasteiger partial charge on any atom is 0.163 e. The van der Waals surface area contributed by atoms with Crippen LogP contribution >= 0.6 is 0 Å². The summed E-state index contributed by atoms with van der Waals surface area (Å²) in [5.74, 6) is 0. The Morgan fingerprint density at radius 1 is 0.895 bits per heavy atom. The van der Waals surface area contributed by atoms with Gasteiger partial charge in [0.15, 0.2) is 5.69 Å². The van der Waals surface area contributed by atoms with E-state index in [-0.39, 0.29) is 0 Å².